The highest BCUT2D eigenvalue weighted by molar-refractivity contribution is 5.69. The van der Waals surface area contributed by atoms with Gasteiger partial charge in [0, 0.05) is 34.7 Å². The Labute approximate surface area is 330 Å². The van der Waals surface area contributed by atoms with E-state index in [9.17, 15) is 0 Å². The zero-order chi connectivity index (χ0) is 37.7. The van der Waals surface area contributed by atoms with Gasteiger partial charge in [-0.1, -0.05) is 148 Å². The fourth-order valence-electron chi connectivity index (χ4n) is 11.5. The van der Waals surface area contributed by atoms with E-state index in [1.165, 1.54) is 71.4 Å². The highest BCUT2D eigenvalue weighted by atomic mass is 15.2. The van der Waals surface area contributed by atoms with Gasteiger partial charge in [-0.2, -0.15) is 0 Å². The van der Waals surface area contributed by atoms with Crippen molar-refractivity contribution < 1.29 is 0 Å². The minimum absolute atomic E-state index is 0.165. The molecule has 9 rings (SSSR count). The van der Waals surface area contributed by atoms with Crippen molar-refractivity contribution in [1.29, 1.82) is 0 Å². The minimum Gasteiger partial charge on any atom is -0.342 e. The van der Waals surface area contributed by atoms with Gasteiger partial charge < -0.3 is 9.80 Å². The number of hydrogen-bond donors (Lipinski definition) is 0. The van der Waals surface area contributed by atoms with Gasteiger partial charge in [0.25, 0.3) is 0 Å². The molecule has 0 saturated heterocycles. The smallest absolute Gasteiger partial charge is 0.0557 e. The summed E-state index contributed by atoms with van der Waals surface area (Å²) in [5.74, 6) is 3.19. The van der Waals surface area contributed by atoms with Crippen molar-refractivity contribution in [3.8, 4) is 11.1 Å². The molecule has 7 atom stereocenters. The average molecular weight is 723 g/mol. The molecule has 6 aliphatic rings. The Bertz CT molecular complexity index is 2150. The minimum atomic E-state index is 0.165. The van der Waals surface area contributed by atoms with Gasteiger partial charge in [-0.15, -0.1) is 0 Å². The molecule has 0 N–H and O–H groups in total. The third kappa shape index (κ3) is 6.36. The molecule has 55 heavy (non-hydrogen) atoms. The molecule has 3 aromatic rings. The highest BCUT2D eigenvalue weighted by Gasteiger charge is 2.54. The summed E-state index contributed by atoms with van der Waals surface area (Å²) in [7, 11) is 0. The van der Waals surface area contributed by atoms with Gasteiger partial charge in [-0.25, -0.2) is 0 Å². The van der Waals surface area contributed by atoms with Crippen LogP contribution in [0.15, 0.2) is 174 Å². The maximum Gasteiger partial charge on any atom is 0.0557 e. The van der Waals surface area contributed by atoms with E-state index in [4.69, 9.17) is 0 Å². The van der Waals surface area contributed by atoms with Crippen molar-refractivity contribution in [3.05, 3.63) is 180 Å². The van der Waals surface area contributed by atoms with Gasteiger partial charge in [0.05, 0.1) is 6.04 Å². The molecule has 3 aromatic carbocycles. The lowest BCUT2D eigenvalue weighted by Crippen LogP contribution is -2.39. The van der Waals surface area contributed by atoms with Crippen LogP contribution in [-0.2, 0) is 0 Å². The number of para-hydroxylation sites is 1. The summed E-state index contributed by atoms with van der Waals surface area (Å²) in [6, 6.07) is 30.3. The molecular formula is C53H58N2. The molecule has 2 nitrogen and oxygen atoms in total. The van der Waals surface area contributed by atoms with Crippen LogP contribution in [0.2, 0.25) is 0 Å². The topological polar surface area (TPSA) is 6.48 Å². The molecule has 0 bridgehead atoms. The Morgan fingerprint density at radius 1 is 0.891 bits per heavy atom. The first-order valence-electron chi connectivity index (χ1n) is 21.1. The number of allylic oxidation sites excluding steroid dienone is 13. The molecule has 0 spiro atoms. The number of anilines is 2. The zero-order valence-electron chi connectivity index (χ0n) is 33.4. The van der Waals surface area contributed by atoms with Crippen LogP contribution in [0, 0.1) is 29.1 Å². The highest BCUT2D eigenvalue weighted by Crippen LogP contribution is 2.62. The van der Waals surface area contributed by atoms with Crippen LogP contribution in [0.1, 0.15) is 84.1 Å². The fraction of sp³-hybridized carbons (Fsp3) is 0.358. The molecule has 2 heteroatoms. The quantitative estimate of drug-likeness (QED) is 0.214. The normalized spacial score (nSPS) is 29.3. The summed E-state index contributed by atoms with van der Waals surface area (Å²) in [5, 5.41) is 0. The first kappa shape index (κ1) is 35.9. The Morgan fingerprint density at radius 2 is 1.67 bits per heavy atom. The molecule has 7 unspecified atom stereocenters. The van der Waals surface area contributed by atoms with Crippen molar-refractivity contribution in [1.82, 2.24) is 0 Å². The van der Waals surface area contributed by atoms with Crippen LogP contribution in [-0.4, -0.2) is 12.1 Å². The van der Waals surface area contributed by atoms with Gasteiger partial charge in [0.1, 0.15) is 0 Å². The average Bonchev–Trinajstić information content (AvgIpc) is 3.66. The summed E-state index contributed by atoms with van der Waals surface area (Å²) < 4.78 is 0. The second-order valence-electron chi connectivity index (χ2n) is 17.7. The van der Waals surface area contributed by atoms with Crippen molar-refractivity contribution in [2.75, 3.05) is 9.80 Å². The predicted octanol–water partition coefficient (Wildman–Crippen LogP) is 13.7. The Balaban J connectivity index is 1.02. The Kier molecular flexibility index (Phi) is 9.57. The first-order chi connectivity index (χ1) is 26.9. The number of rotatable bonds is 8. The Morgan fingerprint density at radius 3 is 2.44 bits per heavy atom. The summed E-state index contributed by atoms with van der Waals surface area (Å²) in [6.07, 6.45) is 31.8. The molecule has 1 heterocycles. The van der Waals surface area contributed by atoms with Gasteiger partial charge in [-0.3, -0.25) is 0 Å². The summed E-state index contributed by atoms with van der Waals surface area (Å²) in [6.45, 7) is 13.7. The monoisotopic (exact) mass is 722 g/mol. The van der Waals surface area contributed by atoms with Gasteiger partial charge in [-0.05, 0) is 133 Å². The first-order valence-corrected chi connectivity index (χ1v) is 21.1. The van der Waals surface area contributed by atoms with Crippen LogP contribution in [0.25, 0.3) is 11.1 Å². The Hall–Kier alpha value is -4.82. The molecule has 2 saturated carbocycles. The van der Waals surface area contributed by atoms with E-state index in [1.54, 1.807) is 16.8 Å². The van der Waals surface area contributed by atoms with Crippen molar-refractivity contribution >= 4 is 11.4 Å². The second kappa shape index (κ2) is 14.7. The van der Waals surface area contributed by atoms with E-state index in [0.29, 0.717) is 29.7 Å². The molecule has 5 aliphatic carbocycles. The van der Waals surface area contributed by atoms with Crippen LogP contribution in [0.5, 0.6) is 0 Å². The third-order valence-electron chi connectivity index (χ3n) is 14.3. The fourth-order valence-corrected chi connectivity index (χ4v) is 11.5. The van der Waals surface area contributed by atoms with Gasteiger partial charge in [0.15, 0.2) is 0 Å². The van der Waals surface area contributed by atoms with Crippen molar-refractivity contribution in [2.24, 2.45) is 29.1 Å². The molecule has 280 valence electrons. The SMILES string of the molecule is C=C/C=C\C(=C/C)C1=CCC(N(C2=CC=C3C4CCC(N5c6ccccc6C6CC(C)CCC65)=CC4C(C)(C)C3C2)c2ccc(-c3ccccc3)cc2)C=C1. The standard InChI is InChI=1S/C53H58N2/c1-6-8-14-37(7-2)39-20-24-41(25-21-39)54(42-26-22-40(23-27-42)38-15-10-9-11-16-38)43-28-30-45-46-31-29-44(35-50(46)53(4,5)49(45)34-43)55-51-18-13-12-17-47(51)48-33-36(3)19-32-52(48)55/h6-18,20-24,26-28,30,35-36,41,46,48-50,52H,1,19,25,29,31-34H2,2-5H3/b14-8-,37-7+. The summed E-state index contributed by atoms with van der Waals surface area (Å²) >= 11 is 0. The lowest BCUT2D eigenvalue weighted by atomic mass is 9.70. The predicted molar refractivity (Wildman–Crippen MR) is 234 cm³/mol. The van der Waals surface area contributed by atoms with E-state index in [-0.39, 0.29) is 11.5 Å². The largest absolute Gasteiger partial charge is 0.342 e. The van der Waals surface area contributed by atoms with Crippen LogP contribution in [0.3, 0.4) is 0 Å². The number of benzene rings is 3. The summed E-state index contributed by atoms with van der Waals surface area (Å²) in [4.78, 5) is 5.49. The van der Waals surface area contributed by atoms with E-state index < -0.39 is 0 Å². The van der Waals surface area contributed by atoms with Crippen molar-refractivity contribution in [3.63, 3.8) is 0 Å². The van der Waals surface area contributed by atoms with E-state index in [0.717, 1.165) is 18.8 Å². The molecule has 1 aliphatic heterocycles. The number of hydrogen-bond acceptors (Lipinski definition) is 2. The molecule has 0 radical (unpaired) electrons. The third-order valence-corrected chi connectivity index (χ3v) is 14.3. The van der Waals surface area contributed by atoms with Crippen LogP contribution >= 0.6 is 0 Å². The van der Waals surface area contributed by atoms with E-state index >= 15 is 0 Å². The number of fused-ring (bicyclic) bond motifs is 6. The molecule has 2 fully saturated rings. The molecular weight excluding hydrogens is 665 g/mol. The lowest BCUT2D eigenvalue weighted by Gasteiger charge is -2.41. The van der Waals surface area contributed by atoms with Crippen molar-refractivity contribution in [2.45, 2.75) is 90.6 Å². The number of nitrogens with zero attached hydrogens (tertiary/aromatic N) is 2. The second-order valence-corrected chi connectivity index (χ2v) is 17.7. The van der Waals surface area contributed by atoms with Gasteiger partial charge >= 0.3 is 0 Å². The molecule has 0 amide bonds. The van der Waals surface area contributed by atoms with E-state index in [2.05, 4.69) is 172 Å². The van der Waals surface area contributed by atoms with Crippen LogP contribution in [0.4, 0.5) is 11.4 Å². The summed E-state index contributed by atoms with van der Waals surface area (Å²) in [5.41, 5.74) is 14.3. The maximum atomic E-state index is 3.89. The van der Waals surface area contributed by atoms with Gasteiger partial charge in [0.2, 0.25) is 0 Å². The molecule has 0 aromatic heterocycles. The van der Waals surface area contributed by atoms with E-state index in [1.807, 2.05) is 12.2 Å². The maximum absolute atomic E-state index is 3.89. The van der Waals surface area contributed by atoms with Crippen LogP contribution < -0.4 is 9.80 Å². The lowest BCUT2D eigenvalue weighted by molar-refractivity contribution is 0.198. The zero-order valence-corrected chi connectivity index (χ0v) is 33.4.